The molecule has 0 saturated heterocycles. The van der Waals surface area contributed by atoms with Crippen LogP contribution in [0.2, 0.25) is 0 Å². The van der Waals surface area contributed by atoms with Gasteiger partial charge in [0.05, 0.1) is 22.8 Å². The summed E-state index contributed by atoms with van der Waals surface area (Å²) in [6.45, 7) is 0. The van der Waals surface area contributed by atoms with E-state index in [9.17, 15) is 4.79 Å². The first kappa shape index (κ1) is 9.73. The first-order valence-corrected chi connectivity index (χ1v) is 4.96. The summed E-state index contributed by atoms with van der Waals surface area (Å²) in [7, 11) is 0. The van der Waals surface area contributed by atoms with Gasteiger partial charge in [0, 0.05) is 17.0 Å². The van der Waals surface area contributed by atoms with Crippen LogP contribution >= 0.6 is 0 Å². The number of fused-ring (bicyclic) bond motifs is 3. The zero-order valence-electron chi connectivity index (χ0n) is 8.64. The third kappa shape index (κ3) is 1.42. The van der Waals surface area contributed by atoms with E-state index in [1.807, 2.05) is 12.1 Å². The number of aromatic nitrogens is 3. The van der Waals surface area contributed by atoms with E-state index in [0.29, 0.717) is 5.56 Å². The fraction of sp³-hybridized carbons (Fsp3) is 0. The largest absolute Gasteiger partial charge is 0.288 e. The number of carbonyl (C=O) groups excluding carboxylic acids is 1. The zero-order chi connectivity index (χ0) is 11.8. The minimum atomic E-state index is -0.583. The normalized spacial score (nSPS) is 10.9. The Balaban J connectivity index is 2.35. The molecule has 84 valence electrons. The molecule has 0 radical (unpaired) electrons. The first-order valence-electron chi connectivity index (χ1n) is 4.96. The predicted octanol–water partition coefficient (Wildman–Crippen LogP) is 1.23. The summed E-state index contributed by atoms with van der Waals surface area (Å²) in [5.74, 6) is -0.583. The Morgan fingerprint density at radius 1 is 1.29 bits per heavy atom. The number of hydrogen-bond acceptors (Lipinski definition) is 4. The van der Waals surface area contributed by atoms with Crippen molar-refractivity contribution in [1.82, 2.24) is 20.7 Å². The number of hydrogen-bond donors (Lipinski definition) is 3. The van der Waals surface area contributed by atoms with Crippen molar-refractivity contribution in [2.45, 2.75) is 0 Å². The smallest absolute Gasteiger partial charge is 0.276 e. The Labute approximate surface area is 95.2 Å². The Hall–Kier alpha value is -2.47. The van der Waals surface area contributed by atoms with Gasteiger partial charge in [-0.15, -0.1) is 0 Å². The van der Waals surface area contributed by atoms with Crippen molar-refractivity contribution in [3.05, 3.63) is 36.2 Å². The SMILES string of the molecule is O=C(NO)c1cnc2ccc3[nH]ncc3c2c1. The number of amides is 1. The van der Waals surface area contributed by atoms with Crippen molar-refractivity contribution in [2.24, 2.45) is 0 Å². The van der Waals surface area contributed by atoms with Crippen molar-refractivity contribution in [3.8, 4) is 0 Å². The van der Waals surface area contributed by atoms with Crippen molar-refractivity contribution in [2.75, 3.05) is 0 Å². The Morgan fingerprint density at radius 3 is 3.00 bits per heavy atom. The minimum Gasteiger partial charge on any atom is -0.288 e. The molecule has 2 heterocycles. The number of nitrogens with zero attached hydrogens (tertiary/aromatic N) is 2. The van der Waals surface area contributed by atoms with Gasteiger partial charge < -0.3 is 0 Å². The standard InChI is InChI=1S/C11H8N4O2/c16-11(15-17)6-3-7-8-5-13-14-10(8)2-1-9(7)12-4-6/h1-5,17H,(H,13,14)(H,15,16). The van der Waals surface area contributed by atoms with Gasteiger partial charge in [0.25, 0.3) is 5.91 Å². The van der Waals surface area contributed by atoms with Gasteiger partial charge in [-0.2, -0.15) is 5.10 Å². The second kappa shape index (κ2) is 3.53. The summed E-state index contributed by atoms with van der Waals surface area (Å²) >= 11 is 0. The lowest BCUT2D eigenvalue weighted by Crippen LogP contribution is -2.18. The summed E-state index contributed by atoms with van der Waals surface area (Å²) < 4.78 is 0. The van der Waals surface area contributed by atoms with Crippen LogP contribution in [0.1, 0.15) is 10.4 Å². The number of nitrogens with one attached hydrogen (secondary N) is 2. The van der Waals surface area contributed by atoms with E-state index >= 15 is 0 Å². The van der Waals surface area contributed by atoms with Gasteiger partial charge in [0.2, 0.25) is 0 Å². The van der Waals surface area contributed by atoms with Gasteiger partial charge in [0.15, 0.2) is 0 Å². The van der Waals surface area contributed by atoms with Crippen LogP contribution in [0.5, 0.6) is 0 Å². The molecular weight excluding hydrogens is 220 g/mol. The average Bonchev–Trinajstić information content (AvgIpc) is 2.85. The number of H-pyrrole nitrogens is 1. The number of hydroxylamine groups is 1. The molecule has 0 atom stereocenters. The van der Waals surface area contributed by atoms with Crippen molar-refractivity contribution in [1.29, 1.82) is 0 Å². The molecule has 1 aromatic carbocycles. The zero-order valence-corrected chi connectivity index (χ0v) is 8.64. The van der Waals surface area contributed by atoms with E-state index in [2.05, 4.69) is 15.2 Å². The lowest BCUT2D eigenvalue weighted by Gasteiger charge is -2.02. The Morgan fingerprint density at radius 2 is 2.18 bits per heavy atom. The molecule has 0 saturated carbocycles. The Bertz CT molecular complexity index is 720. The monoisotopic (exact) mass is 228 g/mol. The molecule has 2 aromatic heterocycles. The van der Waals surface area contributed by atoms with Gasteiger partial charge in [-0.25, -0.2) is 5.48 Å². The van der Waals surface area contributed by atoms with Crippen LogP contribution in [0.3, 0.4) is 0 Å². The summed E-state index contributed by atoms with van der Waals surface area (Å²) in [5, 5.41) is 17.1. The molecule has 0 aliphatic heterocycles. The van der Waals surface area contributed by atoms with E-state index in [-0.39, 0.29) is 0 Å². The molecule has 3 rings (SSSR count). The van der Waals surface area contributed by atoms with Crippen molar-refractivity contribution >= 4 is 27.7 Å². The molecular formula is C11H8N4O2. The van der Waals surface area contributed by atoms with Crippen LogP contribution in [-0.4, -0.2) is 26.3 Å². The molecule has 0 spiro atoms. The molecule has 6 nitrogen and oxygen atoms in total. The fourth-order valence-electron chi connectivity index (χ4n) is 1.81. The van der Waals surface area contributed by atoms with Crippen LogP contribution in [0, 0.1) is 0 Å². The van der Waals surface area contributed by atoms with Crippen molar-refractivity contribution in [3.63, 3.8) is 0 Å². The number of aromatic amines is 1. The van der Waals surface area contributed by atoms with Crippen LogP contribution in [-0.2, 0) is 0 Å². The molecule has 3 aromatic rings. The van der Waals surface area contributed by atoms with Crippen molar-refractivity contribution < 1.29 is 10.0 Å². The lowest BCUT2D eigenvalue weighted by atomic mass is 10.1. The van der Waals surface area contributed by atoms with Gasteiger partial charge in [0.1, 0.15) is 0 Å². The maximum Gasteiger partial charge on any atom is 0.276 e. The highest BCUT2D eigenvalue weighted by molar-refractivity contribution is 6.07. The summed E-state index contributed by atoms with van der Waals surface area (Å²) in [4.78, 5) is 15.5. The highest BCUT2D eigenvalue weighted by Crippen LogP contribution is 2.22. The van der Waals surface area contributed by atoms with E-state index < -0.39 is 5.91 Å². The topological polar surface area (TPSA) is 90.9 Å². The summed E-state index contributed by atoms with van der Waals surface area (Å²) in [5.41, 5.74) is 3.53. The molecule has 0 unspecified atom stereocenters. The number of carbonyl (C=O) groups is 1. The highest BCUT2D eigenvalue weighted by Gasteiger charge is 2.08. The lowest BCUT2D eigenvalue weighted by molar-refractivity contribution is 0.0706. The molecule has 3 N–H and O–H groups in total. The molecule has 1 amide bonds. The number of benzene rings is 1. The van der Waals surface area contributed by atoms with Gasteiger partial charge in [-0.3, -0.25) is 20.1 Å². The van der Waals surface area contributed by atoms with Gasteiger partial charge in [-0.05, 0) is 18.2 Å². The third-order valence-electron chi connectivity index (χ3n) is 2.65. The van der Waals surface area contributed by atoms with Crippen LogP contribution < -0.4 is 5.48 Å². The molecule has 17 heavy (non-hydrogen) atoms. The van der Waals surface area contributed by atoms with Gasteiger partial charge in [-0.1, -0.05) is 0 Å². The second-order valence-electron chi connectivity index (χ2n) is 3.63. The maximum atomic E-state index is 11.3. The quantitative estimate of drug-likeness (QED) is 0.431. The van der Waals surface area contributed by atoms with E-state index in [1.54, 1.807) is 17.7 Å². The highest BCUT2D eigenvalue weighted by atomic mass is 16.5. The van der Waals surface area contributed by atoms with E-state index in [1.165, 1.54) is 6.20 Å². The van der Waals surface area contributed by atoms with Crippen LogP contribution in [0.15, 0.2) is 30.6 Å². The predicted molar refractivity (Wildman–Crippen MR) is 60.6 cm³/mol. The number of rotatable bonds is 1. The van der Waals surface area contributed by atoms with E-state index in [0.717, 1.165) is 21.8 Å². The molecule has 6 heteroatoms. The van der Waals surface area contributed by atoms with Crippen LogP contribution in [0.4, 0.5) is 0 Å². The summed E-state index contributed by atoms with van der Waals surface area (Å²) in [6.07, 6.45) is 3.10. The van der Waals surface area contributed by atoms with E-state index in [4.69, 9.17) is 5.21 Å². The molecule has 0 fully saturated rings. The second-order valence-corrected chi connectivity index (χ2v) is 3.63. The maximum absolute atomic E-state index is 11.3. The minimum absolute atomic E-state index is 0.300. The van der Waals surface area contributed by atoms with Gasteiger partial charge >= 0.3 is 0 Å². The fourth-order valence-corrected chi connectivity index (χ4v) is 1.81. The Kier molecular flexibility index (Phi) is 2.02. The molecule has 0 aliphatic rings. The molecule has 0 bridgehead atoms. The number of pyridine rings is 1. The van der Waals surface area contributed by atoms with Crippen LogP contribution in [0.25, 0.3) is 21.8 Å². The molecule has 0 aliphatic carbocycles. The average molecular weight is 228 g/mol. The summed E-state index contributed by atoms with van der Waals surface area (Å²) in [6, 6.07) is 5.39. The first-order chi connectivity index (χ1) is 8.29. The third-order valence-corrected chi connectivity index (χ3v) is 2.65.